The van der Waals surface area contributed by atoms with Gasteiger partial charge in [-0.2, -0.15) is 0 Å². The summed E-state index contributed by atoms with van der Waals surface area (Å²) in [5, 5.41) is 4.01. The van der Waals surface area contributed by atoms with Crippen LogP contribution in [-0.2, 0) is 6.42 Å². The summed E-state index contributed by atoms with van der Waals surface area (Å²) in [4.78, 5) is 0. The lowest BCUT2D eigenvalue weighted by atomic mass is 10.0. The Labute approximate surface area is 114 Å². The molecular weight excluding hydrogens is 249 g/mol. The largest absolute Gasteiger partial charge is 0.314 e. The van der Waals surface area contributed by atoms with Gasteiger partial charge >= 0.3 is 0 Å². The van der Waals surface area contributed by atoms with Gasteiger partial charge in [0.25, 0.3) is 0 Å². The molecule has 0 spiro atoms. The Hall–Kier alpha value is -0.860. The van der Waals surface area contributed by atoms with Gasteiger partial charge in [-0.1, -0.05) is 30.7 Å². The predicted octanol–water partition coefficient (Wildman–Crippen LogP) is 4.36. The molecular formula is C15H21ClFN. The quantitative estimate of drug-likeness (QED) is 0.692. The van der Waals surface area contributed by atoms with Crippen molar-refractivity contribution in [1.29, 1.82) is 0 Å². The van der Waals surface area contributed by atoms with E-state index in [0.29, 0.717) is 11.1 Å². The van der Waals surface area contributed by atoms with E-state index in [1.54, 1.807) is 6.07 Å². The third kappa shape index (κ3) is 5.19. The molecule has 0 aliphatic heterocycles. The summed E-state index contributed by atoms with van der Waals surface area (Å²) >= 11 is 6.05. The van der Waals surface area contributed by atoms with E-state index < -0.39 is 0 Å². The van der Waals surface area contributed by atoms with Gasteiger partial charge in [-0.15, -0.1) is 6.58 Å². The Morgan fingerprint density at radius 1 is 1.50 bits per heavy atom. The van der Waals surface area contributed by atoms with Crippen LogP contribution >= 0.6 is 11.6 Å². The van der Waals surface area contributed by atoms with E-state index in [1.807, 2.05) is 6.08 Å². The van der Waals surface area contributed by atoms with Crippen molar-refractivity contribution < 1.29 is 4.39 Å². The molecule has 0 amide bonds. The molecule has 1 aromatic rings. The van der Waals surface area contributed by atoms with Crippen molar-refractivity contribution in [2.45, 2.75) is 38.6 Å². The second-order valence-electron chi connectivity index (χ2n) is 4.46. The summed E-state index contributed by atoms with van der Waals surface area (Å²) in [6.45, 7) is 6.87. The van der Waals surface area contributed by atoms with Gasteiger partial charge in [0.2, 0.25) is 0 Å². The molecule has 0 aliphatic carbocycles. The lowest BCUT2D eigenvalue weighted by Crippen LogP contribution is -2.31. The zero-order valence-corrected chi connectivity index (χ0v) is 11.6. The molecule has 0 aliphatic rings. The number of nitrogens with one attached hydrogen (secondary N) is 1. The Morgan fingerprint density at radius 2 is 2.28 bits per heavy atom. The lowest BCUT2D eigenvalue weighted by molar-refractivity contribution is 0.480. The molecule has 0 radical (unpaired) electrons. The first kappa shape index (κ1) is 15.2. The SMILES string of the molecule is C=CCCC(Cc1ccc(F)cc1Cl)NCCC. The summed E-state index contributed by atoms with van der Waals surface area (Å²) in [6, 6.07) is 4.98. The van der Waals surface area contributed by atoms with Crippen LogP contribution in [-0.4, -0.2) is 12.6 Å². The molecule has 1 unspecified atom stereocenters. The molecule has 0 saturated heterocycles. The second kappa shape index (κ2) is 8.28. The highest BCUT2D eigenvalue weighted by Gasteiger charge is 2.10. The molecule has 18 heavy (non-hydrogen) atoms. The van der Waals surface area contributed by atoms with E-state index in [2.05, 4.69) is 18.8 Å². The zero-order chi connectivity index (χ0) is 13.4. The van der Waals surface area contributed by atoms with Gasteiger partial charge in [0, 0.05) is 11.1 Å². The molecule has 1 aromatic carbocycles. The molecule has 1 nitrogen and oxygen atoms in total. The maximum Gasteiger partial charge on any atom is 0.124 e. The van der Waals surface area contributed by atoms with Gasteiger partial charge in [0.05, 0.1) is 0 Å². The van der Waals surface area contributed by atoms with E-state index in [9.17, 15) is 4.39 Å². The summed E-state index contributed by atoms with van der Waals surface area (Å²) in [5.74, 6) is -0.284. The van der Waals surface area contributed by atoms with E-state index in [4.69, 9.17) is 11.6 Å². The van der Waals surface area contributed by atoms with Crippen LogP contribution in [0.4, 0.5) is 4.39 Å². The maximum absolute atomic E-state index is 13.0. The standard InChI is InChI=1S/C15H21ClFN/c1-3-5-6-14(18-9-4-2)10-12-7-8-13(17)11-15(12)16/h3,7-8,11,14,18H,1,4-6,9-10H2,2H3. The summed E-state index contributed by atoms with van der Waals surface area (Å²) < 4.78 is 13.0. The highest BCUT2D eigenvalue weighted by molar-refractivity contribution is 6.31. The molecule has 0 saturated carbocycles. The van der Waals surface area contributed by atoms with Gasteiger partial charge in [0.1, 0.15) is 5.82 Å². The lowest BCUT2D eigenvalue weighted by Gasteiger charge is -2.18. The van der Waals surface area contributed by atoms with Crippen molar-refractivity contribution in [2.75, 3.05) is 6.54 Å². The van der Waals surface area contributed by atoms with E-state index in [0.717, 1.165) is 37.8 Å². The molecule has 1 rings (SSSR count). The molecule has 100 valence electrons. The van der Waals surface area contributed by atoms with Crippen LogP contribution in [0.3, 0.4) is 0 Å². The van der Waals surface area contributed by atoms with Crippen LogP contribution < -0.4 is 5.32 Å². The number of benzene rings is 1. The minimum atomic E-state index is -0.284. The zero-order valence-electron chi connectivity index (χ0n) is 10.9. The number of allylic oxidation sites excluding steroid dienone is 1. The number of hydrogen-bond donors (Lipinski definition) is 1. The predicted molar refractivity (Wildman–Crippen MR) is 76.6 cm³/mol. The molecule has 1 atom stereocenters. The van der Waals surface area contributed by atoms with Crippen molar-refractivity contribution in [3.8, 4) is 0 Å². The third-order valence-electron chi connectivity index (χ3n) is 2.88. The first-order valence-electron chi connectivity index (χ1n) is 6.45. The summed E-state index contributed by atoms with van der Waals surface area (Å²) in [6.07, 6.45) is 5.85. The molecule has 0 aromatic heterocycles. The highest BCUT2D eigenvalue weighted by atomic mass is 35.5. The summed E-state index contributed by atoms with van der Waals surface area (Å²) in [5.41, 5.74) is 0.996. The van der Waals surface area contributed by atoms with Crippen LogP contribution in [0.25, 0.3) is 0 Å². The van der Waals surface area contributed by atoms with Crippen molar-refractivity contribution in [2.24, 2.45) is 0 Å². The summed E-state index contributed by atoms with van der Waals surface area (Å²) in [7, 11) is 0. The van der Waals surface area contributed by atoms with Gasteiger partial charge in [-0.25, -0.2) is 4.39 Å². The van der Waals surface area contributed by atoms with Gasteiger partial charge < -0.3 is 5.32 Å². The first-order valence-corrected chi connectivity index (χ1v) is 6.83. The molecule has 0 fully saturated rings. The first-order chi connectivity index (χ1) is 8.67. The van der Waals surface area contributed by atoms with Crippen molar-refractivity contribution in [3.05, 3.63) is 47.3 Å². The van der Waals surface area contributed by atoms with Gasteiger partial charge in [-0.05, 0) is 49.9 Å². The normalized spacial score (nSPS) is 12.4. The van der Waals surface area contributed by atoms with Crippen LogP contribution in [0.5, 0.6) is 0 Å². The Balaban J connectivity index is 2.65. The second-order valence-corrected chi connectivity index (χ2v) is 4.86. The van der Waals surface area contributed by atoms with E-state index in [-0.39, 0.29) is 5.82 Å². The van der Waals surface area contributed by atoms with Crippen LogP contribution in [0, 0.1) is 5.82 Å². The fourth-order valence-corrected chi connectivity index (χ4v) is 2.14. The van der Waals surface area contributed by atoms with Gasteiger partial charge in [-0.3, -0.25) is 0 Å². The van der Waals surface area contributed by atoms with Crippen molar-refractivity contribution in [1.82, 2.24) is 5.32 Å². The van der Waals surface area contributed by atoms with Crippen LogP contribution in [0.2, 0.25) is 5.02 Å². The third-order valence-corrected chi connectivity index (χ3v) is 3.24. The Morgan fingerprint density at radius 3 is 2.89 bits per heavy atom. The number of halogens is 2. The van der Waals surface area contributed by atoms with E-state index >= 15 is 0 Å². The molecule has 0 heterocycles. The fraction of sp³-hybridized carbons (Fsp3) is 0.467. The minimum absolute atomic E-state index is 0.284. The topological polar surface area (TPSA) is 12.0 Å². The molecule has 3 heteroatoms. The molecule has 1 N–H and O–H groups in total. The fourth-order valence-electron chi connectivity index (χ4n) is 1.90. The molecule has 0 bridgehead atoms. The smallest absolute Gasteiger partial charge is 0.124 e. The number of hydrogen-bond acceptors (Lipinski definition) is 1. The highest BCUT2D eigenvalue weighted by Crippen LogP contribution is 2.20. The van der Waals surface area contributed by atoms with Crippen LogP contribution in [0.1, 0.15) is 31.7 Å². The maximum atomic E-state index is 13.0. The monoisotopic (exact) mass is 269 g/mol. The number of rotatable bonds is 8. The minimum Gasteiger partial charge on any atom is -0.314 e. The Bertz CT molecular complexity index is 379. The average molecular weight is 270 g/mol. The van der Waals surface area contributed by atoms with Crippen molar-refractivity contribution in [3.63, 3.8) is 0 Å². The van der Waals surface area contributed by atoms with Crippen molar-refractivity contribution >= 4 is 11.6 Å². The van der Waals surface area contributed by atoms with Crippen LogP contribution in [0.15, 0.2) is 30.9 Å². The van der Waals surface area contributed by atoms with E-state index in [1.165, 1.54) is 12.1 Å². The van der Waals surface area contributed by atoms with Gasteiger partial charge in [0.15, 0.2) is 0 Å². The Kier molecular flexibility index (Phi) is 6.99. The average Bonchev–Trinajstić information content (AvgIpc) is 2.35.